The van der Waals surface area contributed by atoms with Crippen LogP contribution in [0.5, 0.6) is 0 Å². The van der Waals surface area contributed by atoms with Crippen LogP contribution in [-0.2, 0) is 18.4 Å². The summed E-state index contributed by atoms with van der Waals surface area (Å²) >= 11 is 0. The summed E-state index contributed by atoms with van der Waals surface area (Å²) in [6, 6.07) is 10.8. The van der Waals surface area contributed by atoms with Crippen molar-refractivity contribution in [2.24, 2.45) is 12.5 Å². The molecule has 2 aliphatic rings. The van der Waals surface area contributed by atoms with Crippen molar-refractivity contribution >= 4 is 5.91 Å². The second-order valence-corrected chi connectivity index (χ2v) is 8.97. The molecule has 0 N–H and O–H groups in total. The van der Waals surface area contributed by atoms with E-state index in [0.29, 0.717) is 18.4 Å². The summed E-state index contributed by atoms with van der Waals surface area (Å²) in [5.74, 6) is 0.330. The van der Waals surface area contributed by atoms with Crippen LogP contribution in [0.2, 0.25) is 0 Å². The molecular weight excluding hydrogens is 348 g/mol. The molecule has 0 bridgehead atoms. The summed E-state index contributed by atoms with van der Waals surface area (Å²) in [5, 5.41) is 4.73. The number of hydrogen-bond acceptors (Lipinski definition) is 3. The molecule has 28 heavy (non-hydrogen) atoms. The number of aromatic nitrogens is 2. The third kappa shape index (κ3) is 3.86. The molecule has 1 aromatic heterocycles. The Hall–Kier alpha value is -2.14. The maximum absolute atomic E-state index is 12.3. The highest BCUT2D eigenvalue weighted by Crippen LogP contribution is 2.40. The second-order valence-electron chi connectivity index (χ2n) is 8.97. The Morgan fingerprint density at radius 1 is 1.14 bits per heavy atom. The predicted octanol–water partition coefficient (Wildman–Crippen LogP) is 3.70. The zero-order chi connectivity index (χ0) is 19.7. The van der Waals surface area contributed by atoms with Crippen molar-refractivity contribution < 1.29 is 4.79 Å². The monoisotopic (exact) mass is 380 g/mol. The average molecular weight is 381 g/mol. The Kier molecular flexibility index (Phi) is 5.28. The molecule has 3 heterocycles. The lowest BCUT2D eigenvalue weighted by Gasteiger charge is -2.49. The van der Waals surface area contributed by atoms with Gasteiger partial charge in [-0.15, -0.1) is 0 Å². The SMILES string of the molecule is CC(C)N1CC2(CCCN(Cc3cn(C)nc3-c3ccccc3)C2)CCC1=O. The number of benzene rings is 1. The van der Waals surface area contributed by atoms with E-state index in [2.05, 4.69) is 54.1 Å². The highest BCUT2D eigenvalue weighted by atomic mass is 16.2. The highest BCUT2D eigenvalue weighted by molar-refractivity contribution is 5.77. The van der Waals surface area contributed by atoms with Gasteiger partial charge in [0.15, 0.2) is 0 Å². The van der Waals surface area contributed by atoms with E-state index < -0.39 is 0 Å². The smallest absolute Gasteiger partial charge is 0.222 e. The molecule has 1 unspecified atom stereocenters. The maximum Gasteiger partial charge on any atom is 0.222 e. The van der Waals surface area contributed by atoms with Gasteiger partial charge in [0, 0.05) is 61.9 Å². The summed E-state index contributed by atoms with van der Waals surface area (Å²) in [6.07, 6.45) is 6.34. The number of rotatable bonds is 4. The van der Waals surface area contributed by atoms with Crippen LogP contribution in [-0.4, -0.2) is 51.2 Å². The van der Waals surface area contributed by atoms with Crippen LogP contribution in [0.4, 0.5) is 0 Å². The molecule has 2 saturated heterocycles. The first-order valence-corrected chi connectivity index (χ1v) is 10.6. The fraction of sp³-hybridized carbons (Fsp3) is 0.565. The molecule has 2 aromatic rings. The topological polar surface area (TPSA) is 41.4 Å². The van der Waals surface area contributed by atoms with Crippen molar-refractivity contribution in [3.63, 3.8) is 0 Å². The van der Waals surface area contributed by atoms with Gasteiger partial charge in [0.05, 0.1) is 5.69 Å². The van der Waals surface area contributed by atoms with Crippen LogP contribution >= 0.6 is 0 Å². The van der Waals surface area contributed by atoms with Gasteiger partial charge in [-0.1, -0.05) is 30.3 Å². The quantitative estimate of drug-likeness (QED) is 0.812. The van der Waals surface area contributed by atoms with Crippen LogP contribution < -0.4 is 0 Å². The van der Waals surface area contributed by atoms with E-state index in [-0.39, 0.29) is 5.41 Å². The lowest BCUT2D eigenvalue weighted by molar-refractivity contribution is -0.141. The third-order valence-electron chi connectivity index (χ3n) is 6.40. The van der Waals surface area contributed by atoms with Crippen molar-refractivity contribution in [1.29, 1.82) is 0 Å². The Bertz CT molecular complexity index is 828. The Morgan fingerprint density at radius 3 is 2.68 bits per heavy atom. The van der Waals surface area contributed by atoms with Crippen LogP contribution in [0.1, 0.15) is 45.1 Å². The standard InChI is InChI=1S/C23H32N4O/c1-18(2)27-17-23(12-10-21(27)28)11-7-13-26(16-23)15-20-14-25(3)24-22(20)19-8-5-4-6-9-19/h4-6,8-9,14,18H,7,10-13,15-17H2,1-3H3. The number of amides is 1. The van der Waals surface area contributed by atoms with Gasteiger partial charge in [0.1, 0.15) is 0 Å². The number of piperidine rings is 2. The molecule has 1 aromatic carbocycles. The minimum Gasteiger partial charge on any atom is -0.340 e. The summed E-state index contributed by atoms with van der Waals surface area (Å²) in [6.45, 7) is 8.32. The molecule has 2 fully saturated rings. The first-order valence-electron chi connectivity index (χ1n) is 10.6. The van der Waals surface area contributed by atoms with Crippen molar-refractivity contribution in [2.75, 3.05) is 19.6 Å². The fourth-order valence-corrected chi connectivity index (χ4v) is 5.03. The number of carbonyl (C=O) groups excluding carboxylic acids is 1. The van der Waals surface area contributed by atoms with Crippen LogP contribution in [0.15, 0.2) is 36.5 Å². The van der Waals surface area contributed by atoms with Crippen molar-refractivity contribution in [1.82, 2.24) is 19.6 Å². The molecule has 4 rings (SSSR count). The molecule has 0 saturated carbocycles. The Labute approximate surface area is 168 Å². The molecule has 1 amide bonds. The summed E-state index contributed by atoms with van der Waals surface area (Å²) in [4.78, 5) is 17.0. The molecule has 0 radical (unpaired) electrons. The van der Waals surface area contributed by atoms with Gasteiger partial charge in [0.25, 0.3) is 0 Å². The fourth-order valence-electron chi connectivity index (χ4n) is 5.03. The van der Waals surface area contributed by atoms with E-state index in [1.807, 2.05) is 17.8 Å². The number of aryl methyl sites for hydroxylation is 1. The zero-order valence-corrected chi connectivity index (χ0v) is 17.4. The molecule has 1 spiro atoms. The summed E-state index contributed by atoms with van der Waals surface area (Å²) in [5.41, 5.74) is 3.81. The van der Waals surface area contributed by atoms with Crippen molar-refractivity contribution in [2.45, 2.75) is 52.1 Å². The van der Waals surface area contributed by atoms with Crippen LogP contribution in [0.25, 0.3) is 11.3 Å². The molecule has 1 atom stereocenters. The molecule has 5 heteroatoms. The van der Waals surface area contributed by atoms with Gasteiger partial charge in [-0.2, -0.15) is 5.10 Å². The number of nitrogens with zero attached hydrogens (tertiary/aromatic N) is 4. The molecular formula is C23H32N4O. The maximum atomic E-state index is 12.3. The van der Waals surface area contributed by atoms with E-state index >= 15 is 0 Å². The number of carbonyl (C=O) groups is 1. The van der Waals surface area contributed by atoms with Crippen LogP contribution in [0, 0.1) is 5.41 Å². The van der Waals surface area contributed by atoms with E-state index in [9.17, 15) is 4.79 Å². The Balaban J connectivity index is 1.52. The number of likely N-dealkylation sites (tertiary alicyclic amines) is 2. The molecule has 0 aliphatic carbocycles. The highest BCUT2D eigenvalue weighted by Gasteiger charge is 2.42. The first kappa shape index (κ1) is 19.2. The van der Waals surface area contributed by atoms with Crippen molar-refractivity contribution in [3.8, 4) is 11.3 Å². The third-order valence-corrected chi connectivity index (χ3v) is 6.40. The van der Waals surface area contributed by atoms with Gasteiger partial charge in [0.2, 0.25) is 5.91 Å². The van der Waals surface area contributed by atoms with Gasteiger partial charge < -0.3 is 4.90 Å². The van der Waals surface area contributed by atoms with E-state index in [1.54, 1.807) is 0 Å². The van der Waals surface area contributed by atoms with Crippen LogP contribution in [0.3, 0.4) is 0 Å². The largest absolute Gasteiger partial charge is 0.340 e. The van der Waals surface area contributed by atoms with Gasteiger partial charge in [-0.25, -0.2) is 0 Å². The van der Waals surface area contributed by atoms with E-state index in [0.717, 1.165) is 38.3 Å². The first-order chi connectivity index (χ1) is 13.5. The normalized spacial score (nSPS) is 23.7. The van der Waals surface area contributed by atoms with E-state index in [4.69, 9.17) is 5.10 Å². The Morgan fingerprint density at radius 2 is 1.93 bits per heavy atom. The number of hydrogen-bond donors (Lipinski definition) is 0. The summed E-state index contributed by atoms with van der Waals surface area (Å²) < 4.78 is 1.93. The zero-order valence-electron chi connectivity index (χ0n) is 17.4. The molecule has 2 aliphatic heterocycles. The lowest BCUT2D eigenvalue weighted by Crippen LogP contribution is -2.55. The molecule has 5 nitrogen and oxygen atoms in total. The van der Waals surface area contributed by atoms with Gasteiger partial charge >= 0.3 is 0 Å². The molecule has 150 valence electrons. The minimum absolute atomic E-state index is 0.256. The lowest BCUT2D eigenvalue weighted by atomic mass is 9.73. The average Bonchev–Trinajstić information content (AvgIpc) is 3.05. The van der Waals surface area contributed by atoms with Gasteiger partial charge in [-0.3, -0.25) is 14.4 Å². The van der Waals surface area contributed by atoms with E-state index in [1.165, 1.54) is 24.0 Å². The second kappa shape index (κ2) is 7.70. The van der Waals surface area contributed by atoms with Crippen molar-refractivity contribution in [3.05, 3.63) is 42.1 Å². The minimum atomic E-state index is 0.256. The predicted molar refractivity (Wildman–Crippen MR) is 112 cm³/mol. The summed E-state index contributed by atoms with van der Waals surface area (Å²) in [7, 11) is 2.00. The van der Waals surface area contributed by atoms with Gasteiger partial charge in [-0.05, 0) is 39.7 Å².